The standard InChI is InChI=1S/C18H19N3/c1-13-5-3-7-15(9-13)12-21-18(19)11-17(20-21)16-8-4-6-14(2)10-16/h3-11H,12,19H2,1-2H3. The molecule has 0 spiro atoms. The number of nitrogens with zero attached hydrogens (tertiary/aromatic N) is 2. The number of anilines is 1. The van der Waals surface area contributed by atoms with E-state index in [9.17, 15) is 0 Å². The van der Waals surface area contributed by atoms with Crippen molar-refractivity contribution < 1.29 is 0 Å². The summed E-state index contributed by atoms with van der Waals surface area (Å²) < 4.78 is 1.85. The molecule has 0 aliphatic carbocycles. The van der Waals surface area contributed by atoms with Gasteiger partial charge >= 0.3 is 0 Å². The molecule has 1 aromatic heterocycles. The fraction of sp³-hybridized carbons (Fsp3) is 0.167. The van der Waals surface area contributed by atoms with Gasteiger partial charge in [0, 0.05) is 11.6 Å². The summed E-state index contributed by atoms with van der Waals surface area (Å²) in [4.78, 5) is 0. The molecule has 3 heteroatoms. The minimum absolute atomic E-state index is 0.688. The monoisotopic (exact) mass is 277 g/mol. The van der Waals surface area contributed by atoms with Gasteiger partial charge in [0.2, 0.25) is 0 Å². The molecule has 3 nitrogen and oxygen atoms in total. The molecule has 106 valence electrons. The van der Waals surface area contributed by atoms with Gasteiger partial charge in [0.15, 0.2) is 0 Å². The second-order valence-corrected chi connectivity index (χ2v) is 5.47. The zero-order valence-corrected chi connectivity index (χ0v) is 12.4. The average Bonchev–Trinajstić information content (AvgIpc) is 2.80. The first-order valence-electron chi connectivity index (χ1n) is 7.08. The lowest BCUT2D eigenvalue weighted by Gasteiger charge is -2.05. The Balaban J connectivity index is 1.91. The topological polar surface area (TPSA) is 43.8 Å². The molecule has 0 fully saturated rings. The summed E-state index contributed by atoms with van der Waals surface area (Å²) in [6.45, 7) is 4.87. The van der Waals surface area contributed by atoms with E-state index in [-0.39, 0.29) is 0 Å². The van der Waals surface area contributed by atoms with Gasteiger partial charge in [-0.2, -0.15) is 5.10 Å². The second-order valence-electron chi connectivity index (χ2n) is 5.47. The van der Waals surface area contributed by atoms with Crippen LogP contribution in [0, 0.1) is 13.8 Å². The van der Waals surface area contributed by atoms with E-state index in [0.717, 1.165) is 11.3 Å². The van der Waals surface area contributed by atoms with Crippen molar-refractivity contribution in [2.24, 2.45) is 0 Å². The minimum atomic E-state index is 0.688. The van der Waals surface area contributed by atoms with Gasteiger partial charge in [0.1, 0.15) is 5.82 Å². The smallest absolute Gasteiger partial charge is 0.122 e. The third-order valence-electron chi connectivity index (χ3n) is 3.54. The average molecular weight is 277 g/mol. The van der Waals surface area contributed by atoms with E-state index < -0.39 is 0 Å². The Morgan fingerprint density at radius 3 is 2.38 bits per heavy atom. The van der Waals surface area contributed by atoms with E-state index in [2.05, 4.69) is 61.4 Å². The van der Waals surface area contributed by atoms with Crippen molar-refractivity contribution in [2.75, 3.05) is 5.73 Å². The van der Waals surface area contributed by atoms with Gasteiger partial charge in [0.25, 0.3) is 0 Å². The highest BCUT2D eigenvalue weighted by molar-refractivity contribution is 5.63. The molecule has 2 N–H and O–H groups in total. The van der Waals surface area contributed by atoms with Gasteiger partial charge in [0.05, 0.1) is 12.2 Å². The highest BCUT2D eigenvalue weighted by Gasteiger charge is 2.08. The zero-order chi connectivity index (χ0) is 14.8. The molecule has 0 aliphatic rings. The summed E-state index contributed by atoms with van der Waals surface area (Å²) >= 11 is 0. The molecule has 0 atom stereocenters. The van der Waals surface area contributed by atoms with Crippen molar-refractivity contribution in [2.45, 2.75) is 20.4 Å². The number of aryl methyl sites for hydroxylation is 2. The quantitative estimate of drug-likeness (QED) is 0.791. The Morgan fingerprint density at radius 1 is 0.952 bits per heavy atom. The lowest BCUT2D eigenvalue weighted by molar-refractivity contribution is 0.699. The van der Waals surface area contributed by atoms with E-state index in [1.807, 2.05) is 16.8 Å². The molecule has 0 radical (unpaired) electrons. The SMILES string of the molecule is Cc1cccc(Cn2nc(-c3cccc(C)c3)cc2N)c1. The number of aromatic nitrogens is 2. The number of rotatable bonds is 3. The molecule has 0 saturated heterocycles. The molecule has 0 saturated carbocycles. The summed E-state index contributed by atoms with van der Waals surface area (Å²) in [6.07, 6.45) is 0. The van der Waals surface area contributed by atoms with Crippen LogP contribution in [0.2, 0.25) is 0 Å². The van der Waals surface area contributed by atoms with Crippen LogP contribution in [0.3, 0.4) is 0 Å². The first-order chi connectivity index (χ1) is 10.1. The van der Waals surface area contributed by atoms with Crippen molar-refractivity contribution in [1.82, 2.24) is 9.78 Å². The zero-order valence-electron chi connectivity index (χ0n) is 12.4. The summed E-state index contributed by atoms with van der Waals surface area (Å²) in [6, 6.07) is 18.7. The summed E-state index contributed by atoms with van der Waals surface area (Å²) in [7, 11) is 0. The largest absolute Gasteiger partial charge is 0.384 e. The maximum Gasteiger partial charge on any atom is 0.122 e. The second kappa shape index (κ2) is 5.44. The van der Waals surface area contributed by atoms with Crippen LogP contribution in [0.25, 0.3) is 11.3 Å². The third-order valence-corrected chi connectivity index (χ3v) is 3.54. The van der Waals surface area contributed by atoms with Gasteiger partial charge in [-0.3, -0.25) is 0 Å². The van der Waals surface area contributed by atoms with Crippen LogP contribution >= 0.6 is 0 Å². The Kier molecular flexibility index (Phi) is 3.48. The number of hydrogen-bond donors (Lipinski definition) is 1. The van der Waals surface area contributed by atoms with E-state index in [0.29, 0.717) is 12.4 Å². The molecular formula is C18H19N3. The summed E-state index contributed by atoms with van der Waals surface area (Å²) in [5.74, 6) is 0.688. The normalized spacial score (nSPS) is 10.8. The molecule has 0 amide bonds. The predicted octanol–water partition coefficient (Wildman–Crippen LogP) is 3.80. The molecule has 0 unspecified atom stereocenters. The number of nitrogens with two attached hydrogens (primary N) is 1. The Bertz CT molecular complexity index is 772. The molecule has 1 heterocycles. The lowest BCUT2D eigenvalue weighted by Crippen LogP contribution is -2.05. The highest BCUT2D eigenvalue weighted by atomic mass is 15.3. The van der Waals surface area contributed by atoms with Gasteiger partial charge < -0.3 is 5.73 Å². The first kappa shape index (κ1) is 13.4. The van der Waals surface area contributed by atoms with Crippen molar-refractivity contribution >= 4 is 5.82 Å². The van der Waals surface area contributed by atoms with E-state index in [1.54, 1.807) is 0 Å². The maximum atomic E-state index is 6.10. The highest BCUT2D eigenvalue weighted by Crippen LogP contribution is 2.22. The van der Waals surface area contributed by atoms with Crippen LogP contribution < -0.4 is 5.73 Å². The fourth-order valence-electron chi connectivity index (χ4n) is 2.49. The van der Waals surface area contributed by atoms with Crippen LogP contribution in [-0.2, 0) is 6.54 Å². The molecular weight excluding hydrogens is 258 g/mol. The first-order valence-corrected chi connectivity index (χ1v) is 7.08. The lowest BCUT2D eigenvalue weighted by atomic mass is 10.1. The van der Waals surface area contributed by atoms with Gasteiger partial charge in [-0.05, 0) is 25.5 Å². The van der Waals surface area contributed by atoms with Crippen LogP contribution in [0.1, 0.15) is 16.7 Å². The molecule has 2 aromatic carbocycles. The van der Waals surface area contributed by atoms with Crippen LogP contribution in [0.5, 0.6) is 0 Å². The van der Waals surface area contributed by atoms with Gasteiger partial charge in [-0.25, -0.2) is 4.68 Å². The number of nitrogen functional groups attached to an aromatic ring is 1. The van der Waals surface area contributed by atoms with Crippen molar-refractivity contribution in [3.63, 3.8) is 0 Å². The van der Waals surface area contributed by atoms with Crippen LogP contribution in [0.4, 0.5) is 5.82 Å². The maximum absolute atomic E-state index is 6.10. The Labute approximate surface area is 125 Å². The fourth-order valence-corrected chi connectivity index (χ4v) is 2.49. The molecule has 3 aromatic rings. The number of hydrogen-bond acceptors (Lipinski definition) is 2. The third kappa shape index (κ3) is 2.97. The Hall–Kier alpha value is -2.55. The Morgan fingerprint density at radius 2 is 1.67 bits per heavy atom. The molecule has 3 rings (SSSR count). The van der Waals surface area contributed by atoms with Gasteiger partial charge in [-0.15, -0.1) is 0 Å². The molecule has 21 heavy (non-hydrogen) atoms. The van der Waals surface area contributed by atoms with E-state index in [1.165, 1.54) is 16.7 Å². The summed E-state index contributed by atoms with van der Waals surface area (Å²) in [5.41, 5.74) is 11.8. The van der Waals surface area contributed by atoms with Crippen molar-refractivity contribution in [3.05, 3.63) is 71.3 Å². The minimum Gasteiger partial charge on any atom is -0.384 e. The molecule has 0 aliphatic heterocycles. The number of benzene rings is 2. The van der Waals surface area contributed by atoms with E-state index in [4.69, 9.17) is 5.73 Å². The predicted molar refractivity (Wildman–Crippen MR) is 87.1 cm³/mol. The van der Waals surface area contributed by atoms with E-state index >= 15 is 0 Å². The van der Waals surface area contributed by atoms with Crippen molar-refractivity contribution in [1.29, 1.82) is 0 Å². The van der Waals surface area contributed by atoms with Gasteiger partial charge in [-0.1, -0.05) is 53.6 Å². The van der Waals surface area contributed by atoms with Crippen molar-refractivity contribution in [3.8, 4) is 11.3 Å². The van der Waals surface area contributed by atoms with Crippen LogP contribution in [-0.4, -0.2) is 9.78 Å². The summed E-state index contributed by atoms with van der Waals surface area (Å²) in [5, 5.41) is 4.64. The molecule has 0 bridgehead atoms. The van der Waals surface area contributed by atoms with Crippen LogP contribution in [0.15, 0.2) is 54.6 Å².